The van der Waals surface area contributed by atoms with E-state index >= 15 is 0 Å². The molecule has 0 aliphatic heterocycles. The molecule has 0 saturated carbocycles. The molecule has 0 saturated heterocycles. The van der Waals surface area contributed by atoms with E-state index in [2.05, 4.69) is 11.8 Å². The molecule has 2 nitrogen and oxygen atoms in total. The molecule has 0 amide bonds. The van der Waals surface area contributed by atoms with Gasteiger partial charge in [0.25, 0.3) is 0 Å². The highest BCUT2D eigenvalue weighted by Crippen LogP contribution is 2.14. The molecule has 0 aliphatic rings. The van der Waals surface area contributed by atoms with E-state index in [4.69, 9.17) is 21.4 Å². The van der Waals surface area contributed by atoms with E-state index < -0.39 is 0 Å². The van der Waals surface area contributed by atoms with Crippen LogP contribution in [0.4, 0.5) is 0 Å². The highest BCUT2D eigenvalue weighted by molar-refractivity contribution is 6.30. The second-order valence-electron chi connectivity index (χ2n) is 4.56. The van der Waals surface area contributed by atoms with Crippen LogP contribution in [0.15, 0.2) is 48.5 Å². The number of aliphatic hydroxyl groups excluding tert-OH is 1. The van der Waals surface area contributed by atoms with Crippen molar-refractivity contribution in [2.24, 2.45) is 0 Å². The van der Waals surface area contributed by atoms with Crippen LogP contribution in [0.25, 0.3) is 0 Å². The Morgan fingerprint density at radius 3 is 2.71 bits per heavy atom. The first kappa shape index (κ1) is 15.6. The Morgan fingerprint density at radius 2 is 1.90 bits per heavy atom. The van der Waals surface area contributed by atoms with Crippen molar-refractivity contribution in [1.29, 1.82) is 0 Å². The Hall–Kier alpha value is -1.79. The van der Waals surface area contributed by atoms with Gasteiger partial charge in [-0.2, -0.15) is 0 Å². The number of benzene rings is 2. The zero-order valence-corrected chi connectivity index (χ0v) is 12.4. The molecular formula is C18H17ClO2. The second-order valence-corrected chi connectivity index (χ2v) is 4.99. The van der Waals surface area contributed by atoms with Crippen LogP contribution in [-0.2, 0) is 18.0 Å². The number of halogens is 1. The molecule has 21 heavy (non-hydrogen) atoms. The summed E-state index contributed by atoms with van der Waals surface area (Å²) in [5.74, 6) is 6.00. The molecule has 2 aromatic carbocycles. The molecule has 3 heteroatoms. The van der Waals surface area contributed by atoms with Crippen molar-refractivity contribution >= 4 is 11.6 Å². The standard InChI is InChI=1S/C18H17ClO2/c19-18-10-5-6-15(12-18)13-21-14-17-9-2-1-7-16(17)8-3-4-11-20/h1-2,5-7,9-10,12,20H,4,11,13-14H2. The van der Waals surface area contributed by atoms with Gasteiger partial charge in [-0.1, -0.05) is 53.8 Å². The van der Waals surface area contributed by atoms with Crippen LogP contribution in [-0.4, -0.2) is 11.7 Å². The lowest BCUT2D eigenvalue weighted by atomic mass is 10.1. The molecule has 0 atom stereocenters. The van der Waals surface area contributed by atoms with Crippen molar-refractivity contribution in [1.82, 2.24) is 0 Å². The first-order valence-electron chi connectivity index (χ1n) is 6.79. The number of ether oxygens (including phenoxy) is 1. The number of hydrogen-bond acceptors (Lipinski definition) is 2. The molecule has 0 heterocycles. The third-order valence-electron chi connectivity index (χ3n) is 2.89. The Morgan fingerprint density at radius 1 is 1.05 bits per heavy atom. The van der Waals surface area contributed by atoms with Gasteiger partial charge in [-0.25, -0.2) is 0 Å². The zero-order chi connectivity index (χ0) is 14.9. The molecule has 0 unspecified atom stereocenters. The monoisotopic (exact) mass is 300 g/mol. The molecule has 0 radical (unpaired) electrons. The van der Waals surface area contributed by atoms with Gasteiger partial charge in [0, 0.05) is 17.0 Å². The van der Waals surface area contributed by atoms with Crippen LogP contribution in [0, 0.1) is 11.8 Å². The Labute approximate surface area is 130 Å². The van der Waals surface area contributed by atoms with Crippen LogP contribution in [0.2, 0.25) is 5.02 Å². The zero-order valence-electron chi connectivity index (χ0n) is 11.7. The van der Waals surface area contributed by atoms with Crippen molar-refractivity contribution in [2.45, 2.75) is 19.6 Å². The van der Waals surface area contributed by atoms with Gasteiger partial charge in [0.15, 0.2) is 0 Å². The molecule has 108 valence electrons. The maximum absolute atomic E-state index is 8.77. The Balaban J connectivity index is 1.96. The van der Waals surface area contributed by atoms with Crippen molar-refractivity contribution in [2.75, 3.05) is 6.61 Å². The molecular weight excluding hydrogens is 284 g/mol. The minimum atomic E-state index is 0.0838. The summed E-state index contributed by atoms with van der Waals surface area (Å²) in [6, 6.07) is 15.5. The van der Waals surface area contributed by atoms with E-state index in [1.54, 1.807) is 0 Å². The van der Waals surface area contributed by atoms with Gasteiger partial charge in [0.2, 0.25) is 0 Å². The van der Waals surface area contributed by atoms with Gasteiger partial charge in [-0.3, -0.25) is 0 Å². The molecule has 2 rings (SSSR count). The molecule has 0 spiro atoms. The van der Waals surface area contributed by atoms with E-state index in [0.29, 0.717) is 24.7 Å². The number of rotatable bonds is 5. The smallest absolute Gasteiger partial charge is 0.0733 e. The van der Waals surface area contributed by atoms with Gasteiger partial charge >= 0.3 is 0 Å². The third-order valence-corrected chi connectivity index (χ3v) is 3.13. The molecule has 0 aliphatic carbocycles. The quantitative estimate of drug-likeness (QED) is 0.851. The minimum absolute atomic E-state index is 0.0838. The maximum atomic E-state index is 8.77. The lowest BCUT2D eigenvalue weighted by molar-refractivity contribution is 0.107. The Bertz CT molecular complexity index is 641. The minimum Gasteiger partial charge on any atom is -0.395 e. The first-order valence-corrected chi connectivity index (χ1v) is 7.17. The van der Waals surface area contributed by atoms with Crippen molar-refractivity contribution in [3.8, 4) is 11.8 Å². The largest absolute Gasteiger partial charge is 0.395 e. The van der Waals surface area contributed by atoms with E-state index in [1.165, 1.54) is 0 Å². The lowest BCUT2D eigenvalue weighted by Crippen LogP contribution is -1.96. The van der Waals surface area contributed by atoms with Crippen molar-refractivity contribution in [3.63, 3.8) is 0 Å². The summed E-state index contributed by atoms with van der Waals surface area (Å²) in [6.07, 6.45) is 0.484. The topological polar surface area (TPSA) is 29.5 Å². The molecule has 0 fully saturated rings. The van der Waals surface area contributed by atoms with Gasteiger partial charge in [0.1, 0.15) is 0 Å². The van der Waals surface area contributed by atoms with E-state index in [1.807, 2.05) is 48.5 Å². The van der Waals surface area contributed by atoms with E-state index in [9.17, 15) is 0 Å². The van der Waals surface area contributed by atoms with Gasteiger partial charge in [0.05, 0.1) is 19.8 Å². The maximum Gasteiger partial charge on any atom is 0.0733 e. The average Bonchev–Trinajstić information content (AvgIpc) is 2.49. The predicted molar refractivity (Wildman–Crippen MR) is 85.0 cm³/mol. The summed E-state index contributed by atoms with van der Waals surface area (Å²) >= 11 is 5.94. The Kier molecular flexibility index (Phi) is 6.30. The number of aliphatic hydroxyl groups is 1. The molecule has 0 aromatic heterocycles. The van der Waals surface area contributed by atoms with Crippen LogP contribution in [0.1, 0.15) is 23.1 Å². The highest BCUT2D eigenvalue weighted by atomic mass is 35.5. The van der Waals surface area contributed by atoms with E-state index in [-0.39, 0.29) is 6.61 Å². The highest BCUT2D eigenvalue weighted by Gasteiger charge is 2.00. The first-order chi connectivity index (χ1) is 10.3. The third kappa shape index (κ3) is 5.24. The fraction of sp³-hybridized carbons (Fsp3) is 0.222. The average molecular weight is 301 g/mol. The van der Waals surface area contributed by atoms with Gasteiger partial charge in [-0.15, -0.1) is 0 Å². The van der Waals surface area contributed by atoms with Gasteiger partial charge in [-0.05, 0) is 29.3 Å². The van der Waals surface area contributed by atoms with Gasteiger partial charge < -0.3 is 9.84 Å². The molecule has 2 aromatic rings. The SMILES string of the molecule is OCCC#Cc1ccccc1COCc1cccc(Cl)c1. The van der Waals surface area contributed by atoms with Crippen LogP contribution in [0.3, 0.4) is 0 Å². The summed E-state index contributed by atoms with van der Waals surface area (Å²) < 4.78 is 5.73. The molecule has 0 bridgehead atoms. The summed E-state index contributed by atoms with van der Waals surface area (Å²) in [4.78, 5) is 0. The summed E-state index contributed by atoms with van der Waals surface area (Å²) in [5, 5.41) is 9.48. The summed E-state index contributed by atoms with van der Waals surface area (Å²) in [6.45, 7) is 1.09. The second kappa shape index (κ2) is 8.49. The van der Waals surface area contributed by atoms with Crippen LogP contribution >= 0.6 is 11.6 Å². The normalized spacial score (nSPS) is 10.0. The number of hydrogen-bond donors (Lipinski definition) is 1. The molecule has 1 N–H and O–H groups in total. The fourth-order valence-electron chi connectivity index (χ4n) is 1.89. The van der Waals surface area contributed by atoms with E-state index in [0.717, 1.165) is 16.7 Å². The lowest BCUT2D eigenvalue weighted by Gasteiger charge is -2.07. The van der Waals surface area contributed by atoms with Crippen molar-refractivity contribution < 1.29 is 9.84 Å². The summed E-state index contributed by atoms with van der Waals surface area (Å²) in [7, 11) is 0. The van der Waals surface area contributed by atoms with Crippen LogP contribution < -0.4 is 0 Å². The predicted octanol–water partition coefficient (Wildman–Crippen LogP) is 3.79. The fourth-order valence-corrected chi connectivity index (χ4v) is 2.10. The van der Waals surface area contributed by atoms with Crippen LogP contribution in [0.5, 0.6) is 0 Å². The summed E-state index contributed by atoms with van der Waals surface area (Å²) in [5.41, 5.74) is 3.04. The van der Waals surface area contributed by atoms with Crippen molar-refractivity contribution in [3.05, 3.63) is 70.2 Å².